The average Bonchev–Trinajstić information content (AvgIpc) is 2.44. The highest BCUT2D eigenvalue weighted by Crippen LogP contribution is 2.22. The third-order valence-electron chi connectivity index (χ3n) is 3.22. The summed E-state index contributed by atoms with van der Waals surface area (Å²) in [6.45, 7) is 3.51. The zero-order chi connectivity index (χ0) is 15.6. The van der Waals surface area contributed by atoms with Crippen LogP contribution in [0.3, 0.4) is 0 Å². The molecule has 2 aromatic rings. The van der Waals surface area contributed by atoms with E-state index < -0.39 is 0 Å². The molecule has 1 unspecified atom stereocenters. The van der Waals surface area contributed by atoms with Crippen molar-refractivity contribution in [3.05, 3.63) is 68.4 Å². The Morgan fingerprint density at radius 2 is 2.00 bits per heavy atom. The molecule has 0 aliphatic carbocycles. The summed E-state index contributed by atoms with van der Waals surface area (Å²) < 4.78 is 14.2. The SMILES string of the molecule is Cc1ccc(C(C)NC(=O)c2cc(Cl)ccc2Br)cc1F. The number of carbonyl (C=O) groups excluding carboxylic acids is 1. The van der Waals surface area contributed by atoms with Gasteiger partial charge in [-0.25, -0.2) is 4.39 Å². The zero-order valence-electron chi connectivity index (χ0n) is 11.6. The summed E-state index contributed by atoms with van der Waals surface area (Å²) in [5, 5.41) is 3.32. The van der Waals surface area contributed by atoms with Gasteiger partial charge in [0.05, 0.1) is 11.6 Å². The Balaban J connectivity index is 2.18. The fourth-order valence-corrected chi connectivity index (χ4v) is 2.51. The summed E-state index contributed by atoms with van der Waals surface area (Å²) in [5.41, 5.74) is 1.74. The standard InChI is InChI=1S/C16H14BrClFNO/c1-9-3-4-11(7-15(9)19)10(2)20-16(21)13-8-12(18)5-6-14(13)17/h3-8,10H,1-2H3,(H,20,21). The van der Waals surface area contributed by atoms with E-state index in [1.54, 1.807) is 44.2 Å². The van der Waals surface area contributed by atoms with E-state index in [9.17, 15) is 9.18 Å². The molecular weight excluding hydrogens is 357 g/mol. The number of amides is 1. The first kappa shape index (κ1) is 16.0. The second-order valence-corrected chi connectivity index (χ2v) is 6.12. The van der Waals surface area contributed by atoms with Crippen LogP contribution in [0.1, 0.15) is 34.5 Å². The molecule has 21 heavy (non-hydrogen) atoms. The largest absolute Gasteiger partial charge is 0.345 e. The molecule has 0 fully saturated rings. The molecule has 0 saturated carbocycles. The smallest absolute Gasteiger partial charge is 0.252 e. The van der Waals surface area contributed by atoms with E-state index in [0.717, 1.165) is 0 Å². The minimum Gasteiger partial charge on any atom is -0.345 e. The molecule has 2 rings (SSSR count). The summed E-state index contributed by atoms with van der Waals surface area (Å²) in [6.07, 6.45) is 0. The van der Waals surface area contributed by atoms with Gasteiger partial charge < -0.3 is 5.32 Å². The van der Waals surface area contributed by atoms with Crippen LogP contribution in [-0.4, -0.2) is 5.91 Å². The van der Waals surface area contributed by atoms with Crippen molar-refractivity contribution in [1.82, 2.24) is 5.32 Å². The Kier molecular flexibility index (Phi) is 5.01. The fraction of sp³-hybridized carbons (Fsp3) is 0.188. The van der Waals surface area contributed by atoms with E-state index in [-0.39, 0.29) is 17.8 Å². The average molecular weight is 371 g/mol. The molecule has 1 N–H and O–H groups in total. The van der Waals surface area contributed by atoms with Crippen LogP contribution in [0.4, 0.5) is 4.39 Å². The molecule has 0 aliphatic heterocycles. The Morgan fingerprint density at radius 3 is 2.67 bits per heavy atom. The molecule has 1 amide bonds. The van der Waals surface area contributed by atoms with E-state index in [4.69, 9.17) is 11.6 Å². The lowest BCUT2D eigenvalue weighted by molar-refractivity contribution is 0.0939. The Labute approximate surface area is 136 Å². The van der Waals surface area contributed by atoms with Gasteiger partial charge in [-0.05, 0) is 65.2 Å². The molecule has 5 heteroatoms. The van der Waals surface area contributed by atoms with Crippen molar-refractivity contribution >= 4 is 33.4 Å². The maximum Gasteiger partial charge on any atom is 0.252 e. The third-order valence-corrected chi connectivity index (χ3v) is 4.14. The van der Waals surface area contributed by atoms with Gasteiger partial charge in [0, 0.05) is 9.50 Å². The van der Waals surface area contributed by atoms with Gasteiger partial charge in [0.1, 0.15) is 5.82 Å². The van der Waals surface area contributed by atoms with Gasteiger partial charge in [-0.3, -0.25) is 4.79 Å². The van der Waals surface area contributed by atoms with Crippen molar-refractivity contribution in [3.8, 4) is 0 Å². The van der Waals surface area contributed by atoms with Crippen molar-refractivity contribution < 1.29 is 9.18 Å². The predicted octanol–water partition coefficient (Wildman–Crippen LogP) is 5.04. The quantitative estimate of drug-likeness (QED) is 0.805. The Bertz CT molecular complexity index is 690. The summed E-state index contributed by atoms with van der Waals surface area (Å²) in [6, 6.07) is 9.63. The molecule has 0 aromatic heterocycles. The highest BCUT2D eigenvalue weighted by Gasteiger charge is 2.15. The number of hydrogen-bond acceptors (Lipinski definition) is 1. The maximum atomic E-state index is 13.6. The number of aryl methyl sites for hydroxylation is 1. The van der Waals surface area contributed by atoms with Crippen molar-refractivity contribution in [2.75, 3.05) is 0 Å². The van der Waals surface area contributed by atoms with Crippen LogP contribution in [0.2, 0.25) is 5.02 Å². The number of nitrogens with one attached hydrogen (secondary N) is 1. The van der Waals surface area contributed by atoms with Gasteiger partial charge in [-0.15, -0.1) is 0 Å². The van der Waals surface area contributed by atoms with E-state index >= 15 is 0 Å². The van der Waals surface area contributed by atoms with Crippen LogP contribution < -0.4 is 5.32 Å². The molecule has 0 bridgehead atoms. The first-order valence-electron chi connectivity index (χ1n) is 6.40. The van der Waals surface area contributed by atoms with Gasteiger partial charge in [0.25, 0.3) is 5.91 Å². The Morgan fingerprint density at radius 1 is 1.29 bits per heavy atom. The molecule has 110 valence electrons. The van der Waals surface area contributed by atoms with Crippen LogP contribution in [0, 0.1) is 12.7 Å². The summed E-state index contributed by atoms with van der Waals surface area (Å²) in [7, 11) is 0. The van der Waals surface area contributed by atoms with E-state index in [2.05, 4.69) is 21.2 Å². The summed E-state index contributed by atoms with van der Waals surface area (Å²) in [4.78, 5) is 12.3. The van der Waals surface area contributed by atoms with Gasteiger partial charge in [0.2, 0.25) is 0 Å². The molecule has 0 aliphatic rings. The highest BCUT2D eigenvalue weighted by atomic mass is 79.9. The lowest BCUT2D eigenvalue weighted by Gasteiger charge is -2.15. The maximum absolute atomic E-state index is 13.6. The van der Waals surface area contributed by atoms with E-state index in [0.29, 0.717) is 26.2 Å². The zero-order valence-corrected chi connectivity index (χ0v) is 13.9. The van der Waals surface area contributed by atoms with Crippen LogP contribution >= 0.6 is 27.5 Å². The third kappa shape index (κ3) is 3.83. The summed E-state index contributed by atoms with van der Waals surface area (Å²) >= 11 is 9.22. The lowest BCUT2D eigenvalue weighted by atomic mass is 10.1. The normalized spacial score (nSPS) is 12.0. The minimum absolute atomic E-state index is 0.266. The minimum atomic E-state index is -0.307. The molecule has 0 spiro atoms. The summed E-state index contributed by atoms with van der Waals surface area (Å²) in [5.74, 6) is -0.546. The van der Waals surface area contributed by atoms with Gasteiger partial charge >= 0.3 is 0 Å². The van der Waals surface area contributed by atoms with Gasteiger partial charge in [0.15, 0.2) is 0 Å². The highest BCUT2D eigenvalue weighted by molar-refractivity contribution is 9.10. The predicted molar refractivity (Wildman–Crippen MR) is 86.2 cm³/mol. The van der Waals surface area contributed by atoms with Crippen LogP contribution in [0.25, 0.3) is 0 Å². The van der Waals surface area contributed by atoms with Gasteiger partial charge in [-0.1, -0.05) is 23.7 Å². The van der Waals surface area contributed by atoms with Crippen LogP contribution in [0.5, 0.6) is 0 Å². The lowest BCUT2D eigenvalue weighted by Crippen LogP contribution is -2.27. The first-order chi connectivity index (χ1) is 9.88. The van der Waals surface area contributed by atoms with Crippen molar-refractivity contribution in [2.45, 2.75) is 19.9 Å². The van der Waals surface area contributed by atoms with Crippen molar-refractivity contribution in [3.63, 3.8) is 0 Å². The fourth-order valence-electron chi connectivity index (χ4n) is 1.91. The second-order valence-electron chi connectivity index (χ2n) is 4.83. The molecule has 1 atom stereocenters. The van der Waals surface area contributed by atoms with Crippen LogP contribution in [-0.2, 0) is 0 Å². The number of halogens is 3. The first-order valence-corrected chi connectivity index (χ1v) is 7.57. The van der Waals surface area contributed by atoms with Gasteiger partial charge in [-0.2, -0.15) is 0 Å². The van der Waals surface area contributed by atoms with E-state index in [1.165, 1.54) is 6.07 Å². The van der Waals surface area contributed by atoms with Crippen molar-refractivity contribution in [1.29, 1.82) is 0 Å². The van der Waals surface area contributed by atoms with E-state index in [1.807, 2.05) is 0 Å². The van der Waals surface area contributed by atoms with Crippen LogP contribution in [0.15, 0.2) is 40.9 Å². The monoisotopic (exact) mass is 369 g/mol. The Hall–Kier alpha value is -1.39. The number of carbonyl (C=O) groups is 1. The van der Waals surface area contributed by atoms with Crippen molar-refractivity contribution in [2.24, 2.45) is 0 Å². The number of rotatable bonds is 3. The molecule has 0 heterocycles. The molecular formula is C16H14BrClFNO. The molecule has 2 aromatic carbocycles. The second kappa shape index (κ2) is 6.58. The number of hydrogen-bond donors (Lipinski definition) is 1. The molecule has 0 radical (unpaired) electrons. The number of benzene rings is 2. The molecule has 2 nitrogen and oxygen atoms in total. The molecule has 0 saturated heterocycles. The topological polar surface area (TPSA) is 29.1 Å².